The van der Waals surface area contributed by atoms with Crippen molar-refractivity contribution in [3.05, 3.63) is 71.2 Å². The lowest BCUT2D eigenvalue weighted by Crippen LogP contribution is -2.11. The van der Waals surface area contributed by atoms with Gasteiger partial charge >= 0.3 is 5.97 Å². The number of carboxylic acid groups (broad SMARTS) is 1. The molecule has 1 aromatic heterocycles. The average molecular weight is 387 g/mol. The van der Waals surface area contributed by atoms with Crippen molar-refractivity contribution in [1.82, 2.24) is 3.97 Å². The first kappa shape index (κ1) is 18.8. The van der Waals surface area contributed by atoms with E-state index < -0.39 is 21.8 Å². The molecule has 0 atom stereocenters. The number of halogens is 1. The van der Waals surface area contributed by atoms with Crippen LogP contribution in [0.4, 0.5) is 4.39 Å². The van der Waals surface area contributed by atoms with E-state index in [2.05, 4.69) is 0 Å². The summed E-state index contributed by atoms with van der Waals surface area (Å²) >= 11 is 0. The van der Waals surface area contributed by atoms with Crippen molar-refractivity contribution in [1.29, 1.82) is 0 Å². The molecule has 0 radical (unpaired) electrons. The molecule has 1 N–H and O–H groups in total. The minimum Gasteiger partial charge on any atom is -0.478 e. The molecule has 140 valence electrons. The molecule has 0 aliphatic heterocycles. The van der Waals surface area contributed by atoms with Crippen LogP contribution in [0.25, 0.3) is 17.0 Å². The van der Waals surface area contributed by atoms with Crippen LogP contribution in [0.2, 0.25) is 0 Å². The highest BCUT2D eigenvalue weighted by Gasteiger charge is 2.22. The topological polar surface area (TPSA) is 76.4 Å². The molecule has 2 aromatic carbocycles. The van der Waals surface area contributed by atoms with Gasteiger partial charge in [0.05, 0.1) is 10.4 Å². The number of fused-ring (bicyclic) bond motifs is 1. The molecule has 0 fully saturated rings. The minimum atomic E-state index is -3.97. The second-order valence-corrected chi connectivity index (χ2v) is 7.98. The molecule has 3 rings (SSSR count). The minimum absolute atomic E-state index is 0.0602. The zero-order valence-electron chi connectivity index (χ0n) is 14.8. The van der Waals surface area contributed by atoms with Gasteiger partial charge in [0.15, 0.2) is 0 Å². The molecule has 0 spiro atoms. The number of hydrogen-bond acceptors (Lipinski definition) is 3. The molecule has 3 aromatic rings. The highest BCUT2D eigenvalue weighted by molar-refractivity contribution is 7.90. The Hall–Kier alpha value is -2.93. The van der Waals surface area contributed by atoms with E-state index in [4.69, 9.17) is 0 Å². The maximum absolute atomic E-state index is 14.5. The van der Waals surface area contributed by atoms with E-state index in [9.17, 15) is 22.7 Å². The molecule has 0 aliphatic carbocycles. The second kappa shape index (κ2) is 7.00. The van der Waals surface area contributed by atoms with Crippen molar-refractivity contribution in [3.8, 4) is 0 Å². The van der Waals surface area contributed by atoms with Crippen LogP contribution in [0.1, 0.15) is 24.5 Å². The lowest BCUT2D eigenvalue weighted by atomic mass is 10.1. The van der Waals surface area contributed by atoms with Gasteiger partial charge < -0.3 is 5.11 Å². The molecule has 0 bridgehead atoms. The second-order valence-electron chi connectivity index (χ2n) is 6.16. The third kappa shape index (κ3) is 3.38. The van der Waals surface area contributed by atoms with E-state index in [1.807, 2.05) is 6.92 Å². The van der Waals surface area contributed by atoms with Gasteiger partial charge in [0.25, 0.3) is 10.0 Å². The van der Waals surface area contributed by atoms with Crippen molar-refractivity contribution in [2.24, 2.45) is 0 Å². The molecule has 0 amide bonds. The zero-order valence-corrected chi connectivity index (χ0v) is 15.6. The highest BCUT2D eigenvalue weighted by Crippen LogP contribution is 2.30. The fourth-order valence-corrected chi connectivity index (χ4v) is 4.25. The molecular weight excluding hydrogens is 369 g/mol. The van der Waals surface area contributed by atoms with Crippen LogP contribution in [-0.2, 0) is 14.8 Å². The van der Waals surface area contributed by atoms with Gasteiger partial charge in [0, 0.05) is 22.7 Å². The Labute approximate surface area is 156 Å². The maximum atomic E-state index is 14.5. The summed E-state index contributed by atoms with van der Waals surface area (Å²) < 4.78 is 41.6. The van der Waals surface area contributed by atoms with Crippen LogP contribution < -0.4 is 0 Å². The number of aliphatic carboxylic acids is 1. The molecule has 0 saturated carbocycles. The van der Waals surface area contributed by atoms with Crippen molar-refractivity contribution >= 4 is 33.0 Å². The summed E-state index contributed by atoms with van der Waals surface area (Å²) in [4.78, 5) is 11.4. The van der Waals surface area contributed by atoms with Crippen LogP contribution in [0.15, 0.2) is 59.1 Å². The van der Waals surface area contributed by atoms with Crippen molar-refractivity contribution < 1.29 is 22.7 Å². The zero-order chi connectivity index (χ0) is 19.8. The fraction of sp³-hybridized carbons (Fsp3) is 0.150. The molecule has 0 unspecified atom stereocenters. The molecule has 0 aliphatic rings. The number of carboxylic acids is 1. The summed E-state index contributed by atoms with van der Waals surface area (Å²) in [5, 5.41) is 9.33. The number of nitrogens with zero attached hydrogens (tertiary/aromatic N) is 1. The predicted octanol–water partition coefficient (Wildman–Crippen LogP) is 4.20. The smallest absolute Gasteiger partial charge is 0.331 e. The lowest BCUT2D eigenvalue weighted by molar-refractivity contribution is -0.132. The standard InChI is InChI=1S/C20H18FNO4S/c1-3-14(20(23)24)11-15-12-22(18-6-4-5-17(21)19(15)18)27(25,26)16-9-7-13(2)8-10-16/h4-12H,3H2,1-2H3,(H,23,24)/b14-11+. The van der Waals surface area contributed by atoms with E-state index in [0.29, 0.717) is 0 Å². The van der Waals surface area contributed by atoms with Crippen LogP contribution in [0.3, 0.4) is 0 Å². The highest BCUT2D eigenvalue weighted by atomic mass is 32.2. The summed E-state index contributed by atoms with van der Waals surface area (Å²) in [6.07, 6.45) is 2.80. The summed E-state index contributed by atoms with van der Waals surface area (Å²) in [6.45, 7) is 3.51. The molecule has 27 heavy (non-hydrogen) atoms. The number of benzene rings is 2. The fourth-order valence-electron chi connectivity index (χ4n) is 2.88. The Morgan fingerprint density at radius 1 is 1.19 bits per heavy atom. The summed E-state index contributed by atoms with van der Waals surface area (Å²) in [6, 6.07) is 10.5. The Morgan fingerprint density at radius 3 is 2.44 bits per heavy atom. The van der Waals surface area contributed by atoms with Crippen molar-refractivity contribution in [2.75, 3.05) is 0 Å². The summed E-state index contributed by atoms with van der Waals surface area (Å²) in [7, 11) is -3.97. The van der Waals surface area contributed by atoms with Crippen LogP contribution in [-0.4, -0.2) is 23.5 Å². The van der Waals surface area contributed by atoms with E-state index in [-0.39, 0.29) is 33.4 Å². The maximum Gasteiger partial charge on any atom is 0.331 e. The number of aromatic nitrogens is 1. The van der Waals surface area contributed by atoms with Gasteiger partial charge in [-0.15, -0.1) is 0 Å². The van der Waals surface area contributed by atoms with E-state index >= 15 is 0 Å². The van der Waals surface area contributed by atoms with E-state index in [1.54, 1.807) is 19.1 Å². The van der Waals surface area contributed by atoms with Crippen molar-refractivity contribution in [2.45, 2.75) is 25.2 Å². The quantitative estimate of drug-likeness (QED) is 0.666. The third-order valence-electron chi connectivity index (χ3n) is 4.34. The van der Waals surface area contributed by atoms with Gasteiger partial charge in [0.2, 0.25) is 0 Å². The average Bonchev–Trinajstić information content (AvgIpc) is 3.00. The summed E-state index contributed by atoms with van der Waals surface area (Å²) in [5.41, 5.74) is 1.33. The largest absolute Gasteiger partial charge is 0.478 e. The Bertz CT molecular complexity index is 1160. The van der Waals surface area contributed by atoms with Crippen LogP contribution in [0, 0.1) is 12.7 Å². The number of aryl methyl sites for hydroxylation is 1. The Kier molecular flexibility index (Phi) is 4.89. The molecule has 5 nitrogen and oxygen atoms in total. The first-order valence-electron chi connectivity index (χ1n) is 8.31. The molecule has 0 saturated heterocycles. The van der Waals surface area contributed by atoms with Gasteiger partial charge in [-0.05, 0) is 43.7 Å². The lowest BCUT2D eigenvalue weighted by Gasteiger charge is -2.07. The monoisotopic (exact) mass is 387 g/mol. The van der Waals surface area contributed by atoms with E-state index in [1.165, 1.54) is 42.6 Å². The predicted molar refractivity (Wildman–Crippen MR) is 102 cm³/mol. The van der Waals surface area contributed by atoms with Gasteiger partial charge in [-0.2, -0.15) is 0 Å². The van der Waals surface area contributed by atoms with Gasteiger partial charge in [-0.3, -0.25) is 0 Å². The van der Waals surface area contributed by atoms with Crippen LogP contribution >= 0.6 is 0 Å². The van der Waals surface area contributed by atoms with E-state index in [0.717, 1.165) is 9.54 Å². The SMILES string of the molecule is CC/C(=C\c1cn(S(=O)(=O)c2ccc(C)cc2)c2cccc(F)c12)C(=O)O. The first-order chi connectivity index (χ1) is 12.8. The molecular formula is C20H18FNO4S. The summed E-state index contributed by atoms with van der Waals surface area (Å²) in [5.74, 6) is -1.74. The number of hydrogen-bond donors (Lipinski definition) is 1. The van der Waals surface area contributed by atoms with Crippen molar-refractivity contribution in [3.63, 3.8) is 0 Å². The molecule has 1 heterocycles. The van der Waals surface area contributed by atoms with Gasteiger partial charge in [0.1, 0.15) is 5.82 Å². The van der Waals surface area contributed by atoms with Crippen LogP contribution in [0.5, 0.6) is 0 Å². The Balaban J connectivity index is 2.31. The number of carbonyl (C=O) groups is 1. The Morgan fingerprint density at radius 2 is 1.85 bits per heavy atom. The normalized spacial score (nSPS) is 12.5. The van der Waals surface area contributed by atoms with Gasteiger partial charge in [-0.1, -0.05) is 30.7 Å². The third-order valence-corrected chi connectivity index (χ3v) is 6.03. The van der Waals surface area contributed by atoms with Gasteiger partial charge in [-0.25, -0.2) is 21.6 Å². The first-order valence-corrected chi connectivity index (χ1v) is 9.75. The number of rotatable bonds is 5. The molecule has 7 heteroatoms.